The fourth-order valence-electron chi connectivity index (χ4n) is 9.51. The van der Waals surface area contributed by atoms with Gasteiger partial charge in [-0.3, -0.25) is 13.7 Å². The van der Waals surface area contributed by atoms with Crippen LogP contribution in [0.3, 0.4) is 0 Å². The molecule has 0 radical (unpaired) electrons. The summed E-state index contributed by atoms with van der Waals surface area (Å²) in [6, 6.07) is 0. The molecular formula is C29H48O12S3. The van der Waals surface area contributed by atoms with Crippen molar-refractivity contribution in [2.45, 2.75) is 111 Å². The first kappa shape index (κ1) is 35.9. The van der Waals surface area contributed by atoms with Gasteiger partial charge in [0.1, 0.15) is 12.2 Å². The zero-order chi connectivity index (χ0) is 33.3. The summed E-state index contributed by atoms with van der Waals surface area (Å²) in [5.74, 6) is 0.221. The molecule has 3 saturated carbocycles. The molecule has 4 aliphatic rings. The Balaban J connectivity index is 1.76. The van der Waals surface area contributed by atoms with Crippen molar-refractivity contribution in [3.05, 3.63) is 23.8 Å². The van der Waals surface area contributed by atoms with Crippen molar-refractivity contribution in [2.24, 2.45) is 45.8 Å². The Hall–Kier alpha value is -0.910. The van der Waals surface area contributed by atoms with E-state index in [0.29, 0.717) is 17.8 Å². The van der Waals surface area contributed by atoms with Crippen LogP contribution in [0.25, 0.3) is 0 Å². The summed E-state index contributed by atoms with van der Waals surface area (Å²) < 4.78 is 115. The molecule has 0 aromatic heterocycles. The average Bonchev–Trinajstić information content (AvgIpc) is 3.12. The molecule has 0 spiro atoms. The van der Waals surface area contributed by atoms with Gasteiger partial charge in [-0.1, -0.05) is 65.3 Å². The van der Waals surface area contributed by atoms with E-state index in [4.69, 9.17) is 12.5 Å². The van der Waals surface area contributed by atoms with E-state index in [1.54, 1.807) is 0 Å². The van der Waals surface area contributed by atoms with Crippen molar-refractivity contribution in [3.63, 3.8) is 0 Å². The van der Waals surface area contributed by atoms with Gasteiger partial charge in [0.2, 0.25) is 0 Å². The van der Waals surface area contributed by atoms with E-state index < -0.39 is 60.8 Å². The standard InChI is InChI=1S/C29H48O12S3/c1-17(2)18(3)8-9-19(4)20-10-12-29(7)22-14-24(39-42(30,31)32)23-15-25(40-43(33,34)35)26(41-44(36,37)38)16-27(23,5)21(22)11-13-28(20,29)6/h11,17,19-20,22-26H,3,8-10,12-16H2,1-2,4-7H3,(H,30,31,32)(H,33,34,35)(H,36,37,38). The third-order valence-corrected chi connectivity index (χ3v) is 13.5. The Kier molecular flexibility index (Phi) is 9.77. The number of hydrogen-bond acceptors (Lipinski definition) is 9. The second-order valence-electron chi connectivity index (χ2n) is 14.6. The van der Waals surface area contributed by atoms with Crippen LogP contribution in [0.4, 0.5) is 0 Å². The van der Waals surface area contributed by atoms with Crippen LogP contribution >= 0.6 is 0 Å². The second kappa shape index (κ2) is 12.0. The van der Waals surface area contributed by atoms with Crippen LogP contribution in [0.2, 0.25) is 0 Å². The topological polar surface area (TPSA) is 191 Å². The molecule has 4 aliphatic carbocycles. The molecule has 254 valence electrons. The summed E-state index contributed by atoms with van der Waals surface area (Å²) in [4.78, 5) is 0. The molecule has 3 fully saturated rings. The van der Waals surface area contributed by atoms with Gasteiger partial charge in [0.25, 0.3) is 0 Å². The van der Waals surface area contributed by atoms with Gasteiger partial charge in [0, 0.05) is 0 Å². The van der Waals surface area contributed by atoms with E-state index in [1.807, 2.05) is 6.92 Å². The van der Waals surface area contributed by atoms with Crippen molar-refractivity contribution in [1.29, 1.82) is 0 Å². The van der Waals surface area contributed by atoms with Gasteiger partial charge in [-0.25, -0.2) is 12.5 Å². The quantitative estimate of drug-likeness (QED) is 0.187. The van der Waals surface area contributed by atoms with Crippen LogP contribution in [0.1, 0.15) is 92.9 Å². The maximum atomic E-state index is 12.1. The molecule has 0 heterocycles. The first-order chi connectivity index (χ1) is 19.9. The summed E-state index contributed by atoms with van der Waals surface area (Å²) in [7, 11) is -15.1. The molecule has 0 amide bonds. The molecule has 0 aromatic carbocycles. The van der Waals surface area contributed by atoms with Crippen molar-refractivity contribution >= 4 is 31.2 Å². The lowest BCUT2D eigenvalue weighted by Crippen LogP contribution is -2.60. The second-order valence-corrected chi connectivity index (χ2v) is 17.8. The smallest absolute Gasteiger partial charge is 0.264 e. The van der Waals surface area contributed by atoms with Crippen molar-refractivity contribution < 1.29 is 51.5 Å². The molecule has 0 aliphatic heterocycles. The zero-order valence-electron chi connectivity index (χ0n) is 26.3. The van der Waals surface area contributed by atoms with Crippen LogP contribution in [0.5, 0.6) is 0 Å². The van der Waals surface area contributed by atoms with Crippen LogP contribution in [-0.4, -0.2) is 57.2 Å². The highest BCUT2D eigenvalue weighted by atomic mass is 32.3. The van der Waals surface area contributed by atoms with E-state index >= 15 is 0 Å². The van der Waals surface area contributed by atoms with Crippen molar-refractivity contribution in [2.75, 3.05) is 0 Å². The Morgan fingerprint density at radius 3 is 1.98 bits per heavy atom. The molecule has 3 N–H and O–H groups in total. The normalized spacial score (nSPS) is 40.1. The summed E-state index contributed by atoms with van der Waals surface area (Å²) >= 11 is 0. The monoisotopic (exact) mass is 684 g/mol. The molecule has 0 aromatic rings. The highest BCUT2D eigenvalue weighted by molar-refractivity contribution is 7.81. The lowest BCUT2D eigenvalue weighted by Gasteiger charge is -2.63. The lowest BCUT2D eigenvalue weighted by molar-refractivity contribution is -0.122. The number of fused-ring (bicyclic) bond motifs is 5. The SMILES string of the molecule is C=C(CCC(C)C1CCC2(C)C3CC(OS(=O)(=O)O)C4CC(OS(=O)(=O)O)C(OS(=O)(=O)O)CC4(C)C3=CCC12C)C(C)C. The highest BCUT2D eigenvalue weighted by Gasteiger charge is 2.66. The minimum Gasteiger partial charge on any atom is -0.264 e. The van der Waals surface area contributed by atoms with E-state index in [2.05, 4.69) is 47.3 Å². The number of rotatable bonds is 11. The van der Waals surface area contributed by atoms with Gasteiger partial charge in [-0.15, -0.1) is 0 Å². The van der Waals surface area contributed by atoms with E-state index in [9.17, 15) is 38.9 Å². The van der Waals surface area contributed by atoms with Gasteiger partial charge < -0.3 is 0 Å². The zero-order valence-corrected chi connectivity index (χ0v) is 28.8. The van der Waals surface area contributed by atoms with Crippen LogP contribution in [0, 0.1) is 45.8 Å². The first-order valence-corrected chi connectivity index (χ1v) is 19.3. The minimum atomic E-state index is -5.09. The Morgan fingerprint density at radius 1 is 0.886 bits per heavy atom. The van der Waals surface area contributed by atoms with Crippen molar-refractivity contribution in [3.8, 4) is 0 Å². The van der Waals surface area contributed by atoms with Gasteiger partial charge in [-0.05, 0) is 97.2 Å². The molecule has 15 heteroatoms. The van der Waals surface area contributed by atoms with Gasteiger partial charge in [0.15, 0.2) is 0 Å². The maximum Gasteiger partial charge on any atom is 0.397 e. The van der Waals surface area contributed by atoms with Gasteiger partial charge >= 0.3 is 31.2 Å². The fraction of sp³-hybridized carbons (Fsp3) is 0.862. The summed E-state index contributed by atoms with van der Waals surface area (Å²) in [5, 5.41) is 0. The number of allylic oxidation sites excluding steroid dienone is 3. The lowest BCUT2D eigenvalue weighted by atomic mass is 9.43. The minimum absolute atomic E-state index is 0.152. The largest absolute Gasteiger partial charge is 0.397 e. The van der Waals surface area contributed by atoms with E-state index in [0.717, 1.165) is 37.7 Å². The van der Waals surface area contributed by atoms with E-state index in [-0.39, 0.29) is 36.0 Å². The average molecular weight is 685 g/mol. The predicted octanol–water partition coefficient (Wildman–Crippen LogP) is 5.37. The van der Waals surface area contributed by atoms with Gasteiger partial charge in [-0.2, -0.15) is 25.3 Å². The Bertz CT molecular complexity index is 1490. The number of hydrogen-bond donors (Lipinski definition) is 3. The van der Waals surface area contributed by atoms with Crippen molar-refractivity contribution in [1.82, 2.24) is 0 Å². The molecule has 0 saturated heterocycles. The predicted molar refractivity (Wildman–Crippen MR) is 162 cm³/mol. The van der Waals surface area contributed by atoms with E-state index in [1.165, 1.54) is 5.57 Å². The molecule has 12 nitrogen and oxygen atoms in total. The molecule has 0 bridgehead atoms. The highest BCUT2D eigenvalue weighted by Crippen LogP contribution is 2.72. The van der Waals surface area contributed by atoms with Crippen LogP contribution in [-0.2, 0) is 43.7 Å². The third-order valence-electron chi connectivity index (χ3n) is 12.1. The fourth-order valence-corrected chi connectivity index (χ4v) is 11.1. The van der Waals surface area contributed by atoms with Crippen LogP contribution in [0.15, 0.2) is 23.8 Å². The summed E-state index contributed by atoms with van der Waals surface area (Å²) in [6.07, 6.45) is 2.20. The molecular weight excluding hydrogens is 637 g/mol. The molecule has 4 rings (SSSR count). The maximum absolute atomic E-state index is 12.1. The van der Waals surface area contributed by atoms with Gasteiger partial charge in [0.05, 0.1) is 6.10 Å². The summed E-state index contributed by atoms with van der Waals surface area (Å²) in [5.41, 5.74) is 0.742. The Morgan fingerprint density at radius 2 is 1.43 bits per heavy atom. The third kappa shape index (κ3) is 7.01. The molecule has 10 unspecified atom stereocenters. The molecule has 10 atom stereocenters. The summed E-state index contributed by atoms with van der Waals surface area (Å²) in [6.45, 7) is 17.1. The Labute approximate surface area is 262 Å². The van der Waals surface area contributed by atoms with Crippen LogP contribution < -0.4 is 0 Å². The first-order valence-electron chi connectivity index (χ1n) is 15.3. The molecule has 44 heavy (non-hydrogen) atoms.